The highest BCUT2D eigenvalue weighted by molar-refractivity contribution is 6.60. The lowest BCUT2D eigenvalue weighted by Gasteiger charge is -2.13. The summed E-state index contributed by atoms with van der Waals surface area (Å²) in [5.74, 6) is 0.594. The Bertz CT molecular complexity index is 554. The van der Waals surface area contributed by atoms with Crippen LogP contribution in [0, 0.1) is 13.8 Å². The van der Waals surface area contributed by atoms with Crippen molar-refractivity contribution >= 4 is 12.6 Å². The van der Waals surface area contributed by atoms with E-state index in [1.807, 2.05) is 32.0 Å². The number of aryl methyl sites for hydroxylation is 2. The number of hydrogen-bond donors (Lipinski definition) is 2. The number of phenolic OH excluding ortho intramolecular Hbond substituents is 1. The molecular weight excluding hydrogens is 227 g/mol. The quantitative estimate of drug-likeness (QED) is 0.806. The molecule has 2 aromatic carbocycles. The van der Waals surface area contributed by atoms with Gasteiger partial charge in [0.2, 0.25) is 0 Å². The summed E-state index contributed by atoms with van der Waals surface area (Å²) in [6.45, 7) is 3.81. The lowest BCUT2D eigenvalue weighted by Crippen LogP contribution is -2.36. The van der Waals surface area contributed by atoms with E-state index in [0.29, 0.717) is 11.2 Å². The van der Waals surface area contributed by atoms with Gasteiger partial charge in [0.05, 0.1) is 0 Å². The number of phenols is 1. The van der Waals surface area contributed by atoms with Crippen molar-refractivity contribution in [2.75, 3.05) is 0 Å². The van der Waals surface area contributed by atoms with Crippen molar-refractivity contribution in [2.24, 2.45) is 0 Å². The fourth-order valence-corrected chi connectivity index (χ4v) is 1.73. The molecule has 0 aromatic heterocycles. The Morgan fingerprint density at radius 3 is 2.56 bits per heavy atom. The first-order chi connectivity index (χ1) is 8.56. The first-order valence-corrected chi connectivity index (χ1v) is 5.77. The van der Waals surface area contributed by atoms with Gasteiger partial charge in [0, 0.05) is 6.07 Å². The molecule has 0 fully saturated rings. The largest absolute Gasteiger partial charge is 0.560 e. The SMILES string of the molecule is Cc1cccc(B(O)Oc2cc(O)ccc2C)c1. The molecule has 0 spiro atoms. The molecule has 0 saturated heterocycles. The van der Waals surface area contributed by atoms with Crippen molar-refractivity contribution in [1.29, 1.82) is 0 Å². The first kappa shape index (κ1) is 12.5. The zero-order chi connectivity index (χ0) is 13.1. The standard InChI is InChI=1S/C14H15BO3/c1-10-4-3-5-12(8-10)15(17)18-14-9-13(16)7-6-11(14)2/h3-9,16-17H,1-2H3. The first-order valence-electron chi connectivity index (χ1n) is 5.77. The molecule has 2 rings (SSSR count). The van der Waals surface area contributed by atoms with Crippen LogP contribution in [0.2, 0.25) is 0 Å². The van der Waals surface area contributed by atoms with Gasteiger partial charge in [-0.3, -0.25) is 0 Å². The third-order valence-electron chi connectivity index (χ3n) is 2.74. The number of aromatic hydroxyl groups is 1. The van der Waals surface area contributed by atoms with Gasteiger partial charge >= 0.3 is 7.12 Å². The second-order valence-corrected chi connectivity index (χ2v) is 4.33. The lowest BCUT2D eigenvalue weighted by molar-refractivity contribution is 0.425. The molecule has 0 aliphatic rings. The summed E-state index contributed by atoms with van der Waals surface area (Å²) in [5.41, 5.74) is 2.61. The molecule has 0 unspecified atom stereocenters. The molecular formula is C14H15BO3. The van der Waals surface area contributed by atoms with Crippen molar-refractivity contribution in [3.63, 3.8) is 0 Å². The van der Waals surface area contributed by atoms with E-state index in [4.69, 9.17) is 4.65 Å². The molecule has 92 valence electrons. The monoisotopic (exact) mass is 242 g/mol. The second-order valence-electron chi connectivity index (χ2n) is 4.33. The minimum atomic E-state index is -1.04. The van der Waals surface area contributed by atoms with Gasteiger partial charge in [0.25, 0.3) is 0 Å². The van der Waals surface area contributed by atoms with Crippen LogP contribution in [0.1, 0.15) is 11.1 Å². The Morgan fingerprint density at radius 1 is 1.06 bits per heavy atom. The van der Waals surface area contributed by atoms with Crippen LogP contribution >= 0.6 is 0 Å². The maximum Gasteiger partial charge on any atom is 0.560 e. The predicted molar refractivity (Wildman–Crippen MR) is 72.3 cm³/mol. The highest BCUT2D eigenvalue weighted by Crippen LogP contribution is 2.23. The van der Waals surface area contributed by atoms with Crippen molar-refractivity contribution in [3.05, 3.63) is 53.6 Å². The number of rotatable bonds is 3. The van der Waals surface area contributed by atoms with Gasteiger partial charge in [-0.05, 0) is 30.9 Å². The normalized spacial score (nSPS) is 10.2. The molecule has 0 saturated carbocycles. The van der Waals surface area contributed by atoms with Gasteiger partial charge < -0.3 is 14.8 Å². The van der Waals surface area contributed by atoms with E-state index in [9.17, 15) is 10.1 Å². The maximum atomic E-state index is 10.0. The average Bonchev–Trinajstić information content (AvgIpc) is 2.34. The van der Waals surface area contributed by atoms with Crippen LogP contribution in [0.15, 0.2) is 42.5 Å². The molecule has 0 aliphatic carbocycles. The molecule has 0 amide bonds. The fraction of sp³-hybridized carbons (Fsp3) is 0.143. The fourth-order valence-electron chi connectivity index (χ4n) is 1.73. The minimum Gasteiger partial charge on any atom is -0.532 e. The number of hydrogen-bond acceptors (Lipinski definition) is 3. The van der Waals surface area contributed by atoms with E-state index in [1.54, 1.807) is 18.2 Å². The summed E-state index contributed by atoms with van der Waals surface area (Å²) in [7, 11) is -1.04. The van der Waals surface area contributed by atoms with E-state index < -0.39 is 7.12 Å². The Labute approximate surface area is 107 Å². The Hall–Kier alpha value is -1.94. The van der Waals surface area contributed by atoms with Gasteiger partial charge in [0.1, 0.15) is 11.5 Å². The zero-order valence-corrected chi connectivity index (χ0v) is 10.4. The minimum absolute atomic E-state index is 0.118. The van der Waals surface area contributed by atoms with E-state index in [0.717, 1.165) is 11.1 Å². The molecule has 0 heterocycles. The van der Waals surface area contributed by atoms with Crippen LogP contribution < -0.4 is 10.1 Å². The maximum absolute atomic E-state index is 10.0. The zero-order valence-electron chi connectivity index (χ0n) is 10.4. The van der Waals surface area contributed by atoms with Crippen molar-refractivity contribution in [2.45, 2.75) is 13.8 Å². The Kier molecular flexibility index (Phi) is 3.58. The summed E-state index contributed by atoms with van der Waals surface area (Å²) in [6, 6.07) is 12.3. The van der Waals surface area contributed by atoms with Gasteiger partial charge in [-0.25, -0.2) is 0 Å². The van der Waals surface area contributed by atoms with Crippen molar-refractivity contribution in [3.8, 4) is 11.5 Å². The third-order valence-corrected chi connectivity index (χ3v) is 2.74. The molecule has 0 radical (unpaired) electrons. The van der Waals surface area contributed by atoms with Crippen LogP contribution in [0.4, 0.5) is 0 Å². The van der Waals surface area contributed by atoms with E-state index in [1.165, 1.54) is 6.07 Å². The highest BCUT2D eigenvalue weighted by atomic mass is 16.5. The summed E-state index contributed by atoms with van der Waals surface area (Å²) >= 11 is 0. The Morgan fingerprint density at radius 2 is 1.83 bits per heavy atom. The van der Waals surface area contributed by atoms with Gasteiger partial charge in [-0.1, -0.05) is 35.9 Å². The smallest absolute Gasteiger partial charge is 0.532 e. The third kappa shape index (κ3) is 2.84. The van der Waals surface area contributed by atoms with Gasteiger partial charge in [-0.15, -0.1) is 0 Å². The molecule has 2 N–H and O–H groups in total. The van der Waals surface area contributed by atoms with Crippen LogP contribution in [-0.2, 0) is 0 Å². The van der Waals surface area contributed by atoms with Crippen LogP contribution in [-0.4, -0.2) is 17.2 Å². The predicted octanol–water partition coefficient (Wildman–Crippen LogP) is 1.78. The summed E-state index contributed by atoms with van der Waals surface area (Å²) in [5, 5.41) is 19.4. The average molecular weight is 242 g/mol. The summed E-state index contributed by atoms with van der Waals surface area (Å²) in [6.07, 6.45) is 0. The van der Waals surface area contributed by atoms with Gasteiger partial charge in [-0.2, -0.15) is 0 Å². The topological polar surface area (TPSA) is 49.7 Å². The van der Waals surface area contributed by atoms with Crippen LogP contribution in [0.5, 0.6) is 11.5 Å². The molecule has 3 nitrogen and oxygen atoms in total. The van der Waals surface area contributed by atoms with Crippen LogP contribution in [0.3, 0.4) is 0 Å². The molecule has 0 bridgehead atoms. The molecule has 2 aromatic rings. The van der Waals surface area contributed by atoms with E-state index in [2.05, 4.69) is 0 Å². The summed E-state index contributed by atoms with van der Waals surface area (Å²) < 4.78 is 5.46. The number of benzene rings is 2. The summed E-state index contributed by atoms with van der Waals surface area (Å²) in [4.78, 5) is 0. The molecule has 0 aliphatic heterocycles. The van der Waals surface area contributed by atoms with Gasteiger partial charge in [0.15, 0.2) is 0 Å². The molecule has 18 heavy (non-hydrogen) atoms. The Balaban J connectivity index is 2.21. The van der Waals surface area contributed by atoms with Crippen molar-refractivity contribution in [1.82, 2.24) is 0 Å². The van der Waals surface area contributed by atoms with Crippen LogP contribution in [0.25, 0.3) is 0 Å². The molecule has 0 atom stereocenters. The van der Waals surface area contributed by atoms with Crippen molar-refractivity contribution < 1.29 is 14.8 Å². The lowest BCUT2D eigenvalue weighted by atomic mass is 9.79. The molecule has 4 heteroatoms. The second kappa shape index (κ2) is 5.15. The van der Waals surface area contributed by atoms with E-state index >= 15 is 0 Å². The van der Waals surface area contributed by atoms with E-state index in [-0.39, 0.29) is 5.75 Å². The highest BCUT2D eigenvalue weighted by Gasteiger charge is 2.19.